The number of ether oxygens (including phenoxy) is 1. The predicted octanol–water partition coefficient (Wildman–Crippen LogP) is 5.97. The van der Waals surface area contributed by atoms with Crippen LogP contribution in [-0.4, -0.2) is 39.7 Å². The largest absolute Gasteiger partial charge is 0.469 e. The third-order valence-corrected chi connectivity index (χ3v) is 6.88. The van der Waals surface area contributed by atoms with Crippen molar-refractivity contribution < 1.29 is 23.7 Å². The number of rotatable bonds is 14. The van der Waals surface area contributed by atoms with E-state index >= 15 is 0 Å². The number of carbonyl (C=O) groups is 1. The molecule has 30 heavy (non-hydrogen) atoms. The predicted molar refractivity (Wildman–Crippen MR) is 122 cm³/mol. The van der Waals surface area contributed by atoms with Crippen LogP contribution in [0.4, 0.5) is 0 Å². The van der Waals surface area contributed by atoms with Crippen molar-refractivity contribution in [3.05, 3.63) is 24.3 Å². The molecule has 0 aromatic carbocycles. The monoisotopic (exact) mass is 438 g/mol. The van der Waals surface area contributed by atoms with Crippen LogP contribution < -0.4 is 0 Å². The lowest BCUT2D eigenvalue weighted by atomic mass is 9.89. The molecule has 1 saturated heterocycles. The number of esters is 1. The maximum absolute atomic E-state index is 11.2. The molecule has 0 radical (unpaired) electrons. The molecule has 1 heterocycles. The summed E-state index contributed by atoms with van der Waals surface area (Å²) in [6.45, 7) is 9.02. The molecule has 2 fully saturated rings. The molecule has 6 heteroatoms. The summed E-state index contributed by atoms with van der Waals surface area (Å²) in [6.07, 6.45) is 18.6. The topological polar surface area (TPSA) is 54.0 Å². The summed E-state index contributed by atoms with van der Waals surface area (Å²) in [6, 6.07) is 0. The Labute approximate surface area is 184 Å². The number of hydrogen-bond donors (Lipinski definition) is 0. The number of carbonyl (C=O) groups excluding carboxylic acids is 1. The van der Waals surface area contributed by atoms with Crippen molar-refractivity contribution in [3.8, 4) is 0 Å². The van der Waals surface area contributed by atoms with E-state index in [-0.39, 0.29) is 24.3 Å². The average molecular weight is 439 g/mol. The van der Waals surface area contributed by atoms with E-state index in [0.717, 1.165) is 32.1 Å². The SMILES string of the molecule is CCCCC[C@@H](/C=C/[C@@H]1[C@@H](C/C=C\CCCC(=O)OC)[C@@H]2C[C@H]1OO2)O[Si](C)(C)C. The number of methoxy groups -OCH3 is 1. The van der Waals surface area contributed by atoms with Gasteiger partial charge in [0.1, 0.15) is 6.10 Å². The minimum Gasteiger partial charge on any atom is -0.469 e. The van der Waals surface area contributed by atoms with Crippen molar-refractivity contribution in [2.75, 3.05) is 7.11 Å². The highest BCUT2D eigenvalue weighted by Gasteiger charge is 2.49. The van der Waals surface area contributed by atoms with E-state index in [1.54, 1.807) is 0 Å². The molecule has 0 unspecified atom stereocenters. The van der Waals surface area contributed by atoms with Gasteiger partial charge in [-0.25, -0.2) is 9.78 Å². The highest BCUT2D eigenvalue weighted by molar-refractivity contribution is 6.69. The second kappa shape index (κ2) is 12.8. The molecule has 1 aliphatic carbocycles. The molecule has 2 bridgehead atoms. The van der Waals surface area contributed by atoms with Crippen LogP contribution in [0.1, 0.15) is 64.7 Å². The van der Waals surface area contributed by atoms with Crippen molar-refractivity contribution in [1.29, 1.82) is 0 Å². The van der Waals surface area contributed by atoms with Crippen molar-refractivity contribution in [1.82, 2.24) is 0 Å². The first-order valence-corrected chi connectivity index (χ1v) is 15.1. The van der Waals surface area contributed by atoms with Gasteiger partial charge in [0.2, 0.25) is 0 Å². The van der Waals surface area contributed by atoms with Crippen LogP contribution in [0, 0.1) is 11.8 Å². The summed E-state index contributed by atoms with van der Waals surface area (Å²) in [5.41, 5.74) is 0. The number of hydrogen-bond acceptors (Lipinski definition) is 5. The van der Waals surface area contributed by atoms with Gasteiger partial charge in [-0.1, -0.05) is 50.5 Å². The summed E-state index contributed by atoms with van der Waals surface area (Å²) >= 11 is 0. The molecular formula is C24H42O5Si. The fourth-order valence-electron chi connectivity index (χ4n) is 4.35. The minimum absolute atomic E-state index is 0.138. The van der Waals surface area contributed by atoms with Crippen molar-refractivity contribution >= 4 is 14.3 Å². The number of allylic oxidation sites excluding steroid dienone is 2. The van der Waals surface area contributed by atoms with Crippen LogP contribution in [0.3, 0.4) is 0 Å². The van der Waals surface area contributed by atoms with Gasteiger partial charge in [-0.2, -0.15) is 0 Å². The van der Waals surface area contributed by atoms with E-state index in [1.165, 1.54) is 26.4 Å². The Hall–Kier alpha value is -0.953. The van der Waals surface area contributed by atoms with E-state index in [4.69, 9.17) is 14.2 Å². The lowest BCUT2D eigenvalue weighted by Crippen LogP contribution is -2.32. The lowest BCUT2D eigenvalue weighted by molar-refractivity contribution is -0.336. The summed E-state index contributed by atoms with van der Waals surface area (Å²) < 4.78 is 11.1. The van der Waals surface area contributed by atoms with Gasteiger partial charge in [-0.3, -0.25) is 4.79 Å². The molecular weight excluding hydrogens is 396 g/mol. The number of fused-ring (bicyclic) bond motifs is 2. The highest BCUT2D eigenvalue weighted by atomic mass is 28.4. The van der Waals surface area contributed by atoms with Gasteiger partial charge in [0.25, 0.3) is 0 Å². The van der Waals surface area contributed by atoms with Gasteiger partial charge >= 0.3 is 5.97 Å². The zero-order valence-corrected chi connectivity index (χ0v) is 20.6. The molecule has 0 spiro atoms. The van der Waals surface area contributed by atoms with E-state index in [2.05, 4.69) is 55.6 Å². The Bertz CT molecular complexity index is 568. The quantitative estimate of drug-likeness (QED) is 0.110. The smallest absolute Gasteiger partial charge is 0.305 e. The Balaban J connectivity index is 1.89. The summed E-state index contributed by atoms with van der Waals surface area (Å²) in [7, 11) is -0.150. The van der Waals surface area contributed by atoms with Gasteiger partial charge in [-0.05, 0) is 45.3 Å². The Kier molecular flexibility index (Phi) is 10.8. The molecule has 2 aliphatic rings. The second-order valence-corrected chi connectivity index (χ2v) is 14.0. The Morgan fingerprint density at radius 1 is 1.13 bits per heavy atom. The molecule has 1 aliphatic heterocycles. The van der Waals surface area contributed by atoms with Crippen LogP contribution in [0.2, 0.25) is 19.6 Å². The maximum atomic E-state index is 11.2. The van der Waals surface area contributed by atoms with Gasteiger partial charge in [0, 0.05) is 24.7 Å². The van der Waals surface area contributed by atoms with Crippen molar-refractivity contribution in [2.24, 2.45) is 11.8 Å². The van der Waals surface area contributed by atoms with Crippen molar-refractivity contribution in [3.63, 3.8) is 0 Å². The first-order valence-electron chi connectivity index (χ1n) is 11.7. The third-order valence-electron chi connectivity index (χ3n) is 5.87. The second-order valence-electron chi connectivity index (χ2n) is 9.57. The summed E-state index contributed by atoms with van der Waals surface area (Å²) in [4.78, 5) is 22.3. The van der Waals surface area contributed by atoms with Gasteiger partial charge in [0.15, 0.2) is 8.32 Å². The zero-order chi connectivity index (χ0) is 22.0. The fourth-order valence-corrected chi connectivity index (χ4v) is 5.46. The zero-order valence-electron chi connectivity index (χ0n) is 19.6. The normalized spacial score (nSPS) is 27.4. The van der Waals surface area contributed by atoms with E-state index < -0.39 is 8.32 Å². The molecule has 0 N–H and O–H groups in total. The lowest BCUT2D eigenvalue weighted by Gasteiger charge is -2.28. The molecule has 5 atom stereocenters. The molecule has 2 rings (SSSR count). The Morgan fingerprint density at radius 3 is 2.60 bits per heavy atom. The van der Waals surface area contributed by atoms with Crippen LogP contribution in [0.15, 0.2) is 24.3 Å². The third kappa shape index (κ3) is 8.65. The van der Waals surface area contributed by atoms with Crippen LogP contribution in [0.25, 0.3) is 0 Å². The molecule has 172 valence electrons. The first-order chi connectivity index (χ1) is 14.3. The molecule has 0 aromatic rings. The van der Waals surface area contributed by atoms with E-state index in [9.17, 15) is 4.79 Å². The fraction of sp³-hybridized carbons (Fsp3) is 0.792. The van der Waals surface area contributed by atoms with Gasteiger partial charge in [-0.15, -0.1) is 0 Å². The highest BCUT2D eigenvalue weighted by Crippen LogP contribution is 2.45. The minimum atomic E-state index is -1.59. The Morgan fingerprint density at radius 2 is 1.90 bits per heavy atom. The average Bonchev–Trinajstić information content (AvgIpc) is 3.29. The molecule has 1 saturated carbocycles. The van der Waals surface area contributed by atoms with Crippen LogP contribution in [0.5, 0.6) is 0 Å². The van der Waals surface area contributed by atoms with Crippen LogP contribution >= 0.6 is 0 Å². The maximum Gasteiger partial charge on any atom is 0.305 e. The standard InChI is InChI=1S/C24H42O5Si/c1-6-7-10-13-19(29-30(3,4)5)16-17-21-20(22-18-23(21)28-27-22)14-11-8-9-12-15-24(25)26-2/h8,11,16-17,19-23H,6-7,9-10,12-15,18H2,1-5H3/b11-8-,17-16+/t19-,20+,21+,22-,23+/m0/s1. The first kappa shape index (κ1) is 25.3. The molecule has 5 nitrogen and oxygen atoms in total. The van der Waals surface area contributed by atoms with E-state index in [0.29, 0.717) is 18.3 Å². The molecule has 0 amide bonds. The van der Waals surface area contributed by atoms with Crippen molar-refractivity contribution in [2.45, 2.75) is 103 Å². The number of unbranched alkanes of at least 4 members (excludes halogenated alkanes) is 3. The van der Waals surface area contributed by atoms with Gasteiger partial charge < -0.3 is 9.16 Å². The molecule has 0 aromatic heterocycles. The van der Waals surface area contributed by atoms with Crippen LogP contribution in [-0.2, 0) is 23.7 Å². The van der Waals surface area contributed by atoms with E-state index in [1.807, 2.05) is 0 Å². The summed E-state index contributed by atoms with van der Waals surface area (Å²) in [5.74, 6) is 0.684. The van der Waals surface area contributed by atoms with Gasteiger partial charge in [0.05, 0.1) is 19.3 Å². The summed E-state index contributed by atoms with van der Waals surface area (Å²) in [5, 5.41) is 0.